The molecular formula is C10H15N3O2. The Morgan fingerprint density at radius 2 is 2.07 bits per heavy atom. The summed E-state index contributed by atoms with van der Waals surface area (Å²) in [6.45, 7) is 3.83. The maximum Gasteiger partial charge on any atom is 0.333 e. The molecule has 0 spiro atoms. The summed E-state index contributed by atoms with van der Waals surface area (Å²) in [5.74, 6) is 5.59. The van der Waals surface area contributed by atoms with Crippen molar-refractivity contribution in [1.82, 2.24) is 5.43 Å². The zero-order valence-electron chi connectivity index (χ0n) is 8.78. The minimum absolute atomic E-state index is 0.0499. The topological polar surface area (TPSA) is 76.4 Å². The first-order chi connectivity index (χ1) is 7.13. The van der Waals surface area contributed by atoms with E-state index in [1.54, 1.807) is 18.2 Å². The fourth-order valence-electron chi connectivity index (χ4n) is 1.09. The molecule has 1 aromatic carbocycles. The molecule has 5 heteroatoms. The molecule has 0 aliphatic carbocycles. The number of hydrogen-bond donors (Lipinski definition) is 3. The maximum atomic E-state index is 11.0. The molecule has 0 heterocycles. The van der Waals surface area contributed by atoms with Gasteiger partial charge in [0.1, 0.15) is 5.75 Å². The molecule has 4 N–H and O–H groups in total. The average Bonchev–Trinajstić information content (AvgIpc) is 2.20. The predicted octanol–water partition coefficient (Wildman–Crippen LogP) is 1.47. The summed E-state index contributed by atoms with van der Waals surface area (Å²) in [4.78, 5) is 11.0. The predicted molar refractivity (Wildman–Crippen MR) is 58.5 cm³/mol. The van der Waals surface area contributed by atoms with Crippen molar-refractivity contribution in [3.05, 3.63) is 24.3 Å². The number of carbonyl (C=O) groups excluding carboxylic acids is 1. The monoisotopic (exact) mass is 209 g/mol. The molecule has 82 valence electrons. The second-order valence-corrected chi connectivity index (χ2v) is 3.26. The number of urea groups is 1. The van der Waals surface area contributed by atoms with Crippen LogP contribution >= 0.6 is 0 Å². The molecule has 0 bridgehead atoms. The Morgan fingerprint density at radius 1 is 1.40 bits per heavy atom. The van der Waals surface area contributed by atoms with Crippen LogP contribution in [0.4, 0.5) is 10.5 Å². The van der Waals surface area contributed by atoms with Gasteiger partial charge in [-0.05, 0) is 26.0 Å². The number of nitrogens with one attached hydrogen (secondary N) is 2. The molecule has 2 amide bonds. The Balaban J connectivity index is 2.81. The second-order valence-electron chi connectivity index (χ2n) is 3.26. The molecule has 5 nitrogen and oxygen atoms in total. The van der Waals surface area contributed by atoms with E-state index in [0.29, 0.717) is 11.4 Å². The lowest BCUT2D eigenvalue weighted by molar-refractivity contribution is 0.242. The van der Waals surface area contributed by atoms with Gasteiger partial charge in [0, 0.05) is 0 Å². The van der Waals surface area contributed by atoms with E-state index in [1.807, 2.05) is 25.3 Å². The molecule has 0 saturated carbocycles. The van der Waals surface area contributed by atoms with Gasteiger partial charge in [0.25, 0.3) is 0 Å². The quantitative estimate of drug-likeness (QED) is 0.401. The maximum absolute atomic E-state index is 11.0. The molecule has 0 aliphatic rings. The van der Waals surface area contributed by atoms with Gasteiger partial charge in [-0.3, -0.25) is 5.43 Å². The molecular weight excluding hydrogens is 194 g/mol. The zero-order chi connectivity index (χ0) is 11.3. The fourth-order valence-corrected chi connectivity index (χ4v) is 1.09. The highest BCUT2D eigenvalue weighted by molar-refractivity contribution is 5.90. The molecule has 0 saturated heterocycles. The Labute approximate surface area is 88.6 Å². The Bertz CT molecular complexity index is 339. The number of para-hydroxylation sites is 2. The van der Waals surface area contributed by atoms with Crippen molar-refractivity contribution < 1.29 is 9.53 Å². The Morgan fingerprint density at radius 3 is 2.67 bits per heavy atom. The van der Waals surface area contributed by atoms with Crippen LogP contribution in [-0.2, 0) is 0 Å². The van der Waals surface area contributed by atoms with E-state index in [-0.39, 0.29) is 6.10 Å². The first kappa shape index (κ1) is 11.3. The molecule has 0 aromatic heterocycles. The van der Waals surface area contributed by atoms with Gasteiger partial charge in [-0.25, -0.2) is 10.6 Å². The van der Waals surface area contributed by atoms with E-state index >= 15 is 0 Å². The molecule has 0 unspecified atom stereocenters. The number of ether oxygens (including phenoxy) is 1. The summed E-state index contributed by atoms with van der Waals surface area (Å²) < 4.78 is 5.51. The van der Waals surface area contributed by atoms with E-state index in [4.69, 9.17) is 10.6 Å². The minimum atomic E-state index is -0.477. The summed E-state index contributed by atoms with van der Waals surface area (Å²) in [6, 6.07) is 6.69. The molecule has 0 atom stereocenters. The van der Waals surface area contributed by atoms with Crippen LogP contribution in [-0.4, -0.2) is 12.1 Å². The van der Waals surface area contributed by atoms with Crippen molar-refractivity contribution in [1.29, 1.82) is 0 Å². The first-order valence-electron chi connectivity index (χ1n) is 4.66. The number of anilines is 1. The van der Waals surface area contributed by atoms with Gasteiger partial charge < -0.3 is 10.1 Å². The lowest BCUT2D eigenvalue weighted by atomic mass is 10.3. The normalized spacial score (nSPS) is 9.87. The van der Waals surface area contributed by atoms with E-state index in [2.05, 4.69) is 5.32 Å². The largest absolute Gasteiger partial charge is 0.489 e. The SMILES string of the molecule is CC(C)Oc1ccccc1NC(=O)NN. The number of rotatable bonds is 3. The van der Waals surface area contributed by atoms with Crippen LogP contribution in [0.15, 0.2) is 24.3 Å². The van der Waals surface area contributed by atoms with Crippen LogP contribution in [0, 0.1) is 0 Å². The van der Waals surface area contributed by atoms with Crippen LogP contribution in [0.3, 0.4) is 0 Å². The summed E-state index contributed by atoms with van der Waals surface area (Å²) >= 11 is 0. The lowest BCUT2D eigenvalue weighted by Crippen LogP contribution is -2.34. The smallest absolute Gasteiger partial charge is 0.333 e. The van der Waals surface area contributed by atoms with Crippen molar-refractivity contribution in [2.75, 3.05) is 5.32 Å². The van der Waals surface area contributed by atoms with Crippen LogP contribution < -0.4 is 21.3 Å². The third kappa shape index (κ3) is 3.47. The molecule has 15 heavy (non-hydrogen) atoms. The molecule has 0 radical (unpaired) electrons. The zero-order valence-corrected chi connectivity index (χ0v) is 8.78. The average molecular weight is 209 g/mol. The van der Waals surface area contributed by atoms with Gasteiger partial charge >= 0.3 is 6.03 Å². The van der Waals surface area contributed by atoms with Gasteiger partial charge in [0.15, 0.2) is 0 Å². The Kier molecular flexibility index (Phi) is 3.93. The highest BCUT2D eigenvalue weighted by atomic mass is 16.5. The van der Waals surface area contributed by atoms with E-state index in [1.165, 1.54) is 0 Å². The van der Waals surface area contributed by atoms with Gasteiger partial charge in [0.05, 0.1) is 11.8 Å². The van der Waals surface area contributed by atoms with Crippen LogP contribution in [0.25, 0.3) is 0 Å². The van der Waals surface area contributed by atoms with E-state index < -0.39 is 6.03 Å². The number of nitrogens with two attached hydrogens (primary N) is 1. The van der Waals surface area contributed by atoms with Crippen molar-refractivity contribution >= 4 is 11.7 Å². The number of benzene rings is 1. The molecule has 0 aliphatic heterocycles. The third-order valence-electron chi connectivity index (χ3n) is 1.63. The lowest BCUT2D eigenvalue weighted by Gasteiger charge is -2.14. The second kappa shape index (κ2) is 5.21. The first-order valence-corrected chi connectivity index (χ1v) is 4.66. The standard InChI is InChI=1S/C10H15N3O2/c1-7(2)15-9-6-4-3-5-8(9)12-10(14)13-11/h3-7H,11H2,1-2H3,(H2,12,13,14). The summed E-state index contributed by atoms with van der Waals surface area (Å²) in [5, 5.41) is 2.57. The highest BCUT2D eigenvalue weighted by Gasteiger charge is 2.06. The van der Waals surface area contributed by atoms with Crippen molar-refractivity contribution in [3.8, 4) is 5.75 Å². The van der Waals surface area contributed by atoms with Gasteiger partial charge in [-0.2, -0.15) is 0 Å². The van der Waals surface area contributed by atoms with E-state index in [9.17, 15) is 4.79 Å². The van der Waals surface area contributed by atoms with Gasteiger partial charge in [-0.1, -0.05) is 12.1 Å². The molecule has 1 rings (SSSR count). The van der Waals surface area contributed by atoms with Gasteiger partial charge in [0.2, 0.25) is 0 Å². The number of hydrazine groups is 1. The number of hydrogen-bond acceptors (Lipinski definition) is 3. The van der Waals surface area contributed by atoms with Crippen molar-refractivity contribution in [2.24, 2.45) is 5.84 Å². The van der Waals surface area contributed by atoms with Crippen molar-refractivity contribution in [2.45, 2.75) is 20.0 Å². The third-order valence-corrected chi connectivity index (χ3v) is 1.63. The Hall–Kier alpha value is -1.75. The number of amides is 2. The molecule has 1 aromatic rings. The molecule has 0 fully saturated rings. The minimum Gasteiger partial charge on any atom is -0.489 e. The van der Waals surface area contributed by atoms with Crippen molar-refractivity contribution in [3.63, 3.8) is 0 Å². The summed E-state index contributed by atoms with van der Waals surface area (Å²) in [6.07, 6.45) is 0.0499. The fraction of sp³-hybridized carbons (Fsp3) is 0.300. The van der Waals surface area contributed by atoms with Crippen LogP contribution in [0.5, 0.6) is 5.75 Å². The van der Waals surface area contributed by atoms with E-state index in [0.717, 1.165) is 0 Å². The summed E-state index contributed by atoms with van der Waals surface area (Å²) in [7, 11) is 0. The number of carbonyl (C=O) groups is 1. The highest BCUT2D eigenvalue weighted by Crippen LogP contribution is 2.24. The van der Waals surface area contributed by atoms with Crippen LogP contribution in [0.1, 0.15) is 13.8 Å². The van der Waals surface area contributed by atoms with Gasteiger partial charge in [-0.15, -0.1) is 0 Å². The summed E-state index contributed by atoms with van der Waals surface area (Å²) in [5.41, 5.74) is 2.58. The van der Waals surface area contributed by atoms with Crippen LogP contribution in [0.2, 0.25) is 0 Å².